The van der Waals surface area contributed by atoms with Crippen molar-refractivity contribution < 1.29 is 32.3 Å². The predicted octanol–water partition coefficient (Wildman–Crippen LogP) is 2.88. The first-order valence-electron chi connectivity index (χ1n) is 17.9. The number of amides is 4. The van der Waals surface area contributed by atoms with Crippen LogP contribution in [0.4, 0.5) is 4.79 Å². The highest BCUT2D eigenvalue weighted by molar-refractivity contribution is 7.87. The Labute approximate surface area is 292 Å². The molecule has 0 bridgehead atoms. The SMILES string of the molecule is NS(=O)(=O)NC(=O)C12CC1/C=C/CCCCCC(NC(=O)OC1CCCC1)C(=O)N1C[C@H](N3Cc4cccc5cccc(c45)C3)CC1C(=O)N2. The highest BCUT2D eigenvalue weighted by Gasteiger charge is 2.61. The van der Waals surface area contributed by atoms with E-state index in [1.165, 1.54) is 21.9 Å². The number of carbonyl (C=O) groups is 4. The second kappa shape index (κ2) is 14.0. The molecule has 4 unspecified atom stereocenters. The Morgan fingerprint density at radius 1 is 0.960 bits per heavy atom. The van der Waals surface area contributed by atoms with E-state index in [0.717, 1.165) is 38.5 Å². The minimum atomic E-state index is -4.38. The van der Waals surface area contributed by atoms with Crippen LogP contribution < -0.4 is 20.5 Å². The number of ether oxygens (including phenoxy) is 1. The topological polar surface area (TPSA) is 180 Å². The lowest BCUT2D eigenvalue weighted by Crippen LogP contribution is -2.58. The maximum atomic E-state index is 14.5. The van der Waals surface area contributed by atoms with Gasteiger partial charge in [-0.3, -0.25) is 19.3 Å². The molecule has 5 N–H and O–H groups in total. The normalized spacial score (nSPS) is 30.0. The molecule has 14 heteroatoms. The molecule has 1 saturated heterocycles. The first-order valence-corrected chi connectivity index (χ1v) is 19.4. The van der Waals surface area contributed by atoms with E-state index in [-0.39, 0.29) is 31.0 Å². The summed E-state index contributed by atoms with van der Waals surface area (Å²) in [5.41, 5.74) is 0.824. The van der Waals surface area contributed by atoms with Gasteiger partial charge in [-0.05, 0) is 79.7 Å². The Morgan fingerprint density at radius 2 is 1.66 bits per heavy atom. The second-order valence-corrected chi connectivity index (χ2v) is 15.8. The summed E-state index contributed by atoms with van der Waals surface area (Å²) < 4.78 is 31.3. The Morgan fingerprint density at radius 3 is 2.36 bits per heavy atom. The summed E-state index contributed by atoms with van der Waals surface area (Å²) in [5.74, 6) is -2.27. The molecule has 3 heterocycles. The molecule has 4 amide bonds. The van der Waals surface area contributed by atoms with Crippen molar-refractivity contribution in [1.29, 1.82) is 0 Å². The number of nitrogens with zero attached hydrogens (tertiary/aromatic N) is 2. The van der Waals surface area contributed by atoms with Gasteiger partial charge in [-0.25, -0.2) is 14.7 Å². The smallest absolute Gasteiger partial charge is 0.408 e. The summed E-state index contributed by atoms with van der Waals surface area (Å²) in [5, 5.41) is 13.3. The predicted molar refractivity (Wildman–Crippen MR) is 185 cm³/mol. The third kappa shape index (κ3) is 7.24. The summed E-state index contributed by atoms with van der Waals surface area (Å²) in [6.45, 7) is 1.52. The summed E-state index contributed by atoms with van der Waals surface area (Å²) in [6, 6.07) is 10.4. The highest BCUT2D eigenvalue weighted by atomic mass is 32.2. The minimum Gasteiger partial charge on any atom is -0.446 e. The van der Waals surface area contributed by atoms with E-state index < -0.39 is 51.7 Å². The Kier molecular flexibility index (Phi) is 9.61. The quantitative estimate of drug-likeness (QED) is 0.343. The van der Waals surface area contributed by atoms with E-state index in [1.54, 1.807) is 4.90 Å². The maximum absolute atomic E-state index is 14.5. The van der Waals surface area contributed by atoms with Gasteiger partial charge in [0.15, 0.2) is 0 Å². The lowest BCUT2D eigenvalue weighted by atomic mass is 9.94. The van der Waals surface area contributed by atoms with Crippen molar-refractivity contribution in [1.82, 2.24) is 25.2 Å². The minimum absolute atomic E-state index is 0.175. The molecule has 268 valence electrons. The number of rotatable bonds is 5. The fourth-order valence-electron chi connectivity index (χ4n) is 8.43. The van der Waals surface area contributed by atoms with Gasteiger partial charge in [0, 0.05) is 31.6 Å². The molecule has 2 saturated carbocycles. The Balaban J connectivity index is 1.18. The third-order valence-corrected chi connectivity index (χ3v) is 11.6. The van der Waals surface area contributed by atoms with Gasteiger partial charge in [0.25, 0.3) is 16.1 Å². The van der Waals surface area contributed by atoms with Gasteiger partial charge in [0.2, 0.25) is 11.8 Å². The van der Waals surface area contributed by atoms with Crippen LogP contribution in [-0.2, 0) is 42.4 Å². The molecule has 5 aliphatic rings. The van der Waals surface area contributed by atoms with Crippen molar-refractivity contribution in [3.05, 3.63) is 59.7 Å². The van der Waals surface area contributed by atoms with Crippen molar-refractivity contribution in [3.63, 3.8) is 0 Å². The van der Waals surface area contributed by atoms with Crippen LogP contribution in [-0.4, -0.2) is 78.3 Å². The van der Waals surface area contributed by atoms with Crippen LogP contribution in [0.5, 0.6) is 0 Å². The molecular formula is C36H46N6O7S. The van der Waals surface area contributed by atoms with Crippen LogP contribution in [0.25, 0.3) is 10.8 Å². The van der Waals surface area contributed by atoms with Gasteiger partial charge in [-0.15, -0.1) is 0 Å². The fraction of sp³-hybridized carbons (Fsp3) is 0.556. The van der Waals surface area contributed by atoms with Gasteiger partial charge in [0.1, 0.15) is 23.7 Å². The van der Waals surface area contributed by atoms with E-state index in [4.69, 9.17) is 9.88 Å². The molecule has 0 spiro atoms. The number of alkyl carbamates (subject to hydrolysis) is 1. The second-order valence-electron chi connectivity index (χ2n) is 14.6. The van der Waals surface area contributed by atoms with Crippen molar-refractivity contribution in [2.75, 3.05) is 6.54 Å². The number of hydrogen-bond acceptors (Lipinski definition) is 8. The lowest BCUT2D eigenvalue weighted by molar-refractivity contribution is -0.141. The molecule has 2 aliphatic carbocycles. The Hall–Kier alpha value is -4.01. The zero-order valence-electron chi connectivity index (χ0n) is 28.1. The number of hydrogen-bond donors (Lipinski definition) is 4. The molecule has 0 radical (unpaired) electrons. The molecule has 50 heavy (non-hydrogen) atoms. The van der Waals surface area contributed by atoms with Crippen LogP contribution in [0.15, 0.2) is 48.6 Å². The first-order chi connectivity index (χ1) is 24.0. The van der Waals surface area contributed by atoms with E-state index in [0.29, 0.717) is 38.8 Å². The van der Waals surface area contributed by atoms with Crippen LogP contribution in [0.3, 0.4) is 0 Å². The summed E-state index contributed by atoms with van der Waals surface area (Å²) in [6.07, 6.45) is 10.4. The van der Waals surface area contributed by atoms with Gasteiger partial charge >= 0.3 is 6.09 Å². The standard InChI is InChI=1S/C36H46N6O7S/c37-50(47,48)40-34(45)36-19-26(36)14-4-2-1-3-5-17-29(38-35(46)49-28-15-6-7-16-28)33(44)42-22-27(18-30(42)32(43)39-36)41-20-24-12-8-10-23-11-9-13-25(21-41)31(23)24/h4,8-14,26-30H,1-3,5-7,15-22H2,(H,38,46)(H,39,43)(H,40,45)(H2,37,47,48)/b14-4+/t26?,27-,29?,30?,36?/m1/s1. The molecule has 2 aromatic rings. The van der Waals surface area contributed by atoms with Crippen LogP contribution >= 0.6 is 0 Å². The number of allylic oxidation sites excluding steroid dienone is 1. The Bertz CT molecular complexity index is 1770. The number of benzene rings is 2. The van der Waals surface area contributed by atoms with Gasteiger partial charge in [0.05, 0.1) is 0 Å². The van der Waals surface area contributed by atoms with E-state index >= 15 is 0 Å². The number of nitrogens with one attached hydrogen (secondary N) is 3. The average Bonchev–Trinajstić information content (AvgIpc) is 3.37. The zero-order valence-corrected chi connectivity index (χ0v) is 29.0. The van der Waals surface area contributed by atoms with Gasteiger partial charge in [-0.2, -0.15) is 8.42 Å². The average molecular weight is 707 g/mol. The molecule has 13 nitrogen and oxygen atoms in total. The molecule has 3 aliphatic heterocycles. The van der Waals surface area contributed by atoms with Crippen molar-refractivity contribution in [2.24, 2.45) is 11.1 Å². The molecule has 2 aromatic carbocycles. The fourth-order valence-corrected chi connectivity index (χ4v) is 8.87. The van der Waals surface area contributed by atoms with Crippen LogP contribution in [0, 0.1) is 5.92 Å². The lowest BCUT2D eigenvalue weighted by Gasteiger charge is -2.34. The molecule has 5 atom stereocenters. The third-order valence-electron chi connectivity index (χ3n) is 11.1. The number of nitrogens with two attached hydrogens (primary N) is 1. The van der Waals surface area contributed by atoms with Gasteiger partial charge in [-0.1, -0.05) is 61.4 Å². The van der Waals surface area contributed by atoms with E-state index in [1.807, 2.05) is 29.0 Å². The monoisotopic (exact) mass is 706 g/mol. The molecule has 7 rings (SSSR count). The van der Waals surface area contributed by atoms with Crippen LogP contribution in [0.2, 0.25) is 0 Å². The molecular weight excluding hydrogens is 660 g/mol. The first kappa shape index (κ1) is 34.4. The zero-order chi connectivity index (χ0) is 35.0. The highest BCUT2D eigenvalue weighted by Crippen LogP contribution is 2.46. The maximum Gasteiger partial charge on any atom is 0.408 e. The van der Waals surface area contributed by atoms with E-state index in [9.17, 15) is 27.6 Å². The number of carbonyl (C=O) groups excluding carboxylic acids is 4. The summed E-state index contributed by atoms with van der Waals surface area (Å²) in [7, 11) is -4.38. The molecule has 0 aromatic heterocycles. The van der Waals surface area contributed by atoms with Crippen molar-refractivity contribution >= 4 is 44.8 Å². The summed E-state index contributed by atoms with van der Waals surface area (Å²) >= 11 is 0. The molecule has 3 fully saturated rings. The van der Waals surface area contributed by atoms with Crippen LogP contribution in [0.1, 0.15) is 81.8 Å². The van der Waals surface area contributed by atoms with Crippen molar-refractivity contribution in [2.45, 2.75) is 113 Å². The van der Waals surface area contributed by atoms with Gasteiger partial charge < -0.3 is 20.3 Å². The largest absolute Gasteiger partial charge is 0.446 e. The summed E-state index contributed by atoms with van der Waals surface area (Å²) in [4.78, 5) is 59.1. The number of fused-ring (bicyclic) bond motifs is 2. The van der Waals surface area contributed by atoms with E-state index in [2.05, 4.69) is 39.8 Å². The van der Waals surface area contributed by atoms with Crippen molar-refractivity contribution in [3.8, 4) is 0 Å².